The summed E-state index contributed by atoms with van der Waals surface area (Å²) in [5.74, 6) is -1.11. The molecule has 2 aromatic heterocycles. The van der Waals surface area contributed by atoms with Gasteiger partial charge in [0, 0.05) is 53.1 Å². The molecule has 1 saturated heterocycles. The number of thiazole rings is 1. The highest BCUT2D eigenvalue weighted by molar-refractivity contribution is 7.14. The number of carbonyl (C=O) groups is 1. The Kier molecular flexibility index (Phi) is 6.38. The van der Waals surface area contributed by atoms with Crippen LogP contribution in [0.3, 0.4) is 0 Å². The molecule has 11 heteroatoms. The summed E-state index contributed by atoms with van der Waals surface area (Å²) in [6, 6.07) is 5.16. The number of aromatic nitrogens is 3. The first-order chi connectivity index (χ1) is 15.3. The molecule has 1 fully saturated rings. The number of alkyl halides is 3. The minimum absolute atomic E-state index is 0.0236. The third kappa shape index (κ3) is 5.40. The van der Waals surface area contributed by atoms with Crippen LogP contribution >= 0.6 is 11.3 Å². The maximum absolute atomic E-state index is 12.8. The van der Waals surface area contributed by atoms with E-state index in [1.54, 1.807) is 18.3 Å². The van der Waals surface area contributed by atoms with Gasteiger partial charge < -0.3 is 14.8 Å². The van der Waals surface area contributed by atoms with E-state index in [1.165, 1.54) is 11.3 Å². The SMILES string of the molecule is Cc1cnc(-c2cc(O[C@@H]3CCOC3)cc(C(=O)NCc3cnc(C(F)(F)F)nc3)c2)s1. The fourth-order valence-electron chi connectivity index (χ4n) is 3.08. The molecule has 1 aliphatic heterocycles. The lowest BCUT2D eigenvalue weighted by Crippen LogP contribution is -2.24. The number of rotatable bonds is 6. The average Bonchev–Trinajstić information content (AvgIpc) is 3.43. The van der Waals surface area contributed by atoms with Gasteiger partial charge in [-0.05, 0) is 25.1 Å². The zero-order valence-corrected chi connectivity index (χ0v) is 17.8. The summed E-state index contributed by atoms with van der Waals surface area (Å²) < 4.78 is 49.1. The number of halogens is 3. The zero-order chi connectivity index (χ0) is 22.7. The third-order valence-electron chi connectivity index (χ3n) is 4.64. The zero-order valence-electron chi connectivity index (χ0n) is 17.0. The van der Waals surface area contributed by atoms with Crippen molar-refractivity contribution in [3.05, 3.63) is 58.6 Å². The third-order valence-corrected chi connectivity index (χ3v) is 5.60. The second-order valence-electron chi connectivity index (χ2n) is 7.22. The van der Waals surface area contributed by atoms with Crippen LogP contribution in [0.1, 0.15) is 33.0 Å². The Bertz CT molecular complexity index is 1100. The topological polar surface area (TPSA) is 86.2 Å². The Labute approximate surface area is 185 Å². The first-order valence-corrected chi connectivity index (χ1v) is 10.6. The van der Waals surface area contributed by atoms with Crippen LogP contribution in [0.15, 0.2) is 36.8 Å². The molecule has 1 aliphatic rings. The number of hydrogen-bond donors (Lipinski definition) is 1. The monoisotopic (exact) mass is 464 g/mol. The van der Waals surface area contributed by atoms with Gasteiger partial charge in [0.05, 0.1) is 13.2 Å². The molecule has 0 unspecified atom stereocenters. The summed E-state index contributed by atoms with van der Waals surface area (Å²) in [5.41, 5.74) is 1.43. The highest BCUT2D eigenvalue weighted by Crippen LogP contribution is 2.30. The van der Waals surface area contributed by atoms with Crippen LogP contribution in [0.2, 0.25) is 0 Å². The van der Waals surface area contributed by atoms with E-state index in [2.05, 4.69) is 20.3 Å². The number of hydrogen-bond acceptors (Lipinski definition) is 7. The van der Waals surface area contributed by atoms with Gasteiger partial charge in [0.1, 0.15) is 16.9 Å². The molecule has 4 rings (SSSR count). The van der Waals surface area contributed by atoms with E-state index in [-0.39, 0.29) is 12.6 Å². The van der Waals surface area contributed by atoms with Crippen molar-refractivity contribution in [1.29, 1.82) is 0 Å². The van der Waals surface area contributed by atoms with Crippen LogP contribution < -0.4 is 10.1 Å². The molecule has 3 aromatic rings. The molecule has 1 N–H and O–H groups in total. The molecular formula is C21H19F3N4O3S. The summed E-state index contributed by atoms with van der Waals surface area (Å²) in [6.45, 7) is 3.02. The summed E-state index contributed by atoms with van der Waals surface area (Å²) in [5, 5.41) is 3.43. The van der Waals surface area contributed by atoms with Crippen molar-refractivity contribution in [3.8, 4) is 16.3 Å². The Morgan fingerprint density at radius 2 is 2.00 bits per heavy atom. The normalized spacial score (nSPS) is 16.2. The molecule has 0 bridgehead atoms. The first kappa shape index (κ1) is 22.2. The Balaban J connectivity index is 1.52. The first-order valence-electron chi connectivity index (χ1n) is 9.76. The number of nitrogens with one attached hydrogen (secondary N) is 1. The largest absolute Gasteiger partial charge is 0.488 e. The van der Waals surface area contributed by atoms with Gasteiger partial charge >= 0.3 is 6.18 Å². The van der Waals surface area contributed by atoms with Gasteiger partial charge in [0.15, 0.2) is 0 Å². The molecule has 1 amide bonds. The number of nitrogens with zero attached hydrogens (tertiary/aromatic N) is 3. The average molecular weight is 464 g/mol. The van der Waals surface area contributed by atoms with Crippen molar-refractivity contribution >= 4 is 17.2 Å². The number of amides is 1. The van der Waals surface area contributed by atoms with E-state index >= 15 is 0 Å². The maximum atomic E-state index is 12.8. The van der Waals surface area contributed by atoms with Gasteiger partial charge in [-0.3, -0.25) is 4.79 Å². The van der Waals surface area contributed by atoms with Gasteiger partial charge in [-0.25, -0.2) is 15.0 Å². The Hall–Kier alpha value is -3.05. The van der Waals surface area contributed by atoms with Crippen LogP contribution in [0.5, 0.6) is 5.75 Å². The Morgan fingerprint density at radius 3 is 2.62 bits per heavy atom. The van der Waals surface area contributed by atoms with E-state index in [0.717, 1.165) is 34.3 Å². The van der Waals surface area contributed by atoms with E-state index in [4.69, 9.17) is 9.47 Å². The second kappa shape index (κ2) is 9.21. The van der Waals surface area contributed by atoms with Crippen LogP contribution in [-0.2, 0) is 17.5 Å². The van der Waals surface area contributed by atoms with Crippen molar-refractivity contribution < 1.29 is 27.4 Å². The molecule has 7 nitrogen and oxygen atoms in total. The summed E-state index contributed by atoms with van der Waals surface area (Å²) >= 11 is 1.49. The highest BCUT2D eigenvalue weighted by atomic mass is 32.1. The van der Waals surface area contributed by atoms with Crippen molar-refractivity contribution in [2.75, 3.05) is 13.2 Å². The number of aryl methyl sites for hydroxylation is 1. The van der Waals surface area contributed by atoms with Crippen LogP contribution in [0.25, 0.3) is 10.6 Å². The molecule has 32 heavy (non-hydrogen) atoms. The van der Waals surface area contributed by atoms with E-state index < -0.39 is 17.9 Å². The summed E-state index contributed by atoms with van der Waals surface area (Å²) in [6.07, 6.45) is -0.113. The molecule has 0 radical (unpaired) electrons. The van der Waals surface area contributed by atoms with Crippen LogP contribution in [0, 0.1) is 6.92 Å². The molecule has 0 aliphatic carbocycles. The predicted molar refractivity (Wildman–Crippen MR) is 110 cm³/mol. The number of carbonyl (C=O) groups excluding carboxylic acids is 1. The molecule has 0 saturated carbocycles. The lowest BCUT2D eigenvalue weighted by molar-refractivity contribution is -0.145. The smallest absolute Gasteiger partial charge is 0.451 e. The molecular weight excluding hydrogens is 445 g/mol. The quantitative estimate of drug-likeness (QED) is 0.593. The van der Waals surface area contributed by atoms with Gasteiger partial charge in [-0.1, -0.05) is 0 Å². The molecule has 1 aromatic carbocycles. The standard InChI is InChI=1S/C21H19F3N4O3S/c1-12-7-26-19(32-12)15-4-14(5-17(6-15)31-16-2-3-30-11-16)18(29)25-8-13-9-27-20(28-10-13)21(22,23)24/h4-7,9-10,16H,2-3,8,11H2,1H3,(H,25,29)/t16-/m1/s1. The molecule has 168 valence electrons. The lowest BCUT2D eigenvalue weighted by atomic mass is 10.1. The fraction of sp³-hybridized carbons (Fsp3) is 0.333. The number of benzene rings is 1. The van der Waals surface area contributed by atoms with Crippen molar-refractivity contribution in [3.63, 3.8) is 0 Å². The van der Waals surface area contributed by atoms with E-state index in [0.29, 0.717) is 30.1 Å². The van der Waals surface area contributed by atoms with Crippen molar-refractivity contribution in [2.24, 2.45) is 0 Å². The minimum atomic E-state index is -4.61. The van der Waals surface area contributed by atoms with Gasteiger partial charge in [-0.2, -0.15) is 13.2 Å². The maximum Gasteiger partial charge on any atom is 0.451 e. The summed E-state index contributed by atoms with van der Waals surface area (Å²) in [4.78, 5) is 24.8. The molecule has 3 heterocycles. The molecule has 1 atom stereocenters. The van der Waals surface area contributed by atoms with E-state index in [9.17, 15) is 18.0 Å². The van der Waals surface area contributed by atoms with Crippen molar-refractivity contribution in [1.82, 2.24) is 20.3 Å². The van der Waals surface area contributed by atoms with Gasteiger partial charge in [-0.15, -0.1) is 11.3 Å². The number of ether oxygens (including phenoxy) is 2. The van der Waals surface area contributed by atoms with Crippen LogP contribution in [0.4, 0.5) is 13.2 Å². The van der Waals surface area contributed by atoms with Crippen molar-refractivity contribution in [2.45, 2.75) is 32.2 Å². The Morgan fingerprint density at radius 1 is 1.22 bits per heavy atom. The van der Waals surface area contributed by atoms with Gasteiger partial charge in [0.2, 0.25) is 5.82 Å². The second-order valence-corrected chi connectivity index (χ2v) is 8.46. The summed E-state index contributed by atoms with van der Waals surface area (Å²) in [7, 11) is 0. The lowest BCUT2D eigenvalue weighted by Gasteiger charge is -2.14. The van der Waals surface area contributed by atoms with Gasteiger partial charge in [0.25, 0.3) is 5.91 Å². The van der Waals surface area contributed by atoms with Crippen LogP contribution in [-0.4, -0.2) is 40.2 Å². The highest BCUT2D eigenvalue weighted by Gasteiger charge is 2.34. The minimum Gasteiger partial charge on any atom is -0.488 e. The molecule has 0 spiro atoms. The van der Waals surface area contributed by atoms with E-state index in [1.807, 2.05) is 13.0 Å². The predicted octanol–water partition coefficient (Wildman–Crippen LogP) is 4.03. The fourth-order valence-corrected chi connectivity index (χ4v) is 3.84.